The van der Waals surface area contributed by atoms with E-state index in [1.807, 2.05) is 13.2 Å². The Morgan fingerprint density at radius 1 is 1.38 bits per heavy atom. The lowest BCUT2D eigenvalue weighted by Gasteiger charge is -2.16. The lowest BCUT2D eigenvalue weighted by atomic mass is 10.1. The van der Waals surface area contributed by atoms with Gasteiger partial charge in [-0.3, -0.25) is 4.68 Å². The third-order valence-electron chi connectivity index (χ3n) is 2.69. The first-order valence-electron chi connectivity index (χ1n) is 6.34. The second-order valence-electron chi connectivity index (χ2n) is 4.38. The Balaban J connectivity index is 2.41. The number of nitrogens with zero attached hydrogens (tertiary/aromatic N) is 3. The van der Waals surface area contributed by atoms with E-state index in [9.17, 15) is 0 Å². The van der Waals surface area contributed by atoms with Gasteiger partial charge in [-0.15, -0.1) is 5.10 Å². The number of aryl methyl sites for hydroxylation is 1. The van der Waals surface area contributed by atoms with Crippen LogP contribution in [0.5, 0.6) is 0 Å². The van der Waals surface area contributed by atoms with Crippen molar-refractivity contribution in [3.05, 3.63) is 11.9 Å². The summed E-state index contributed by atoms with van der Waals surface area (Å²) in [4.78, 5) is 0. The van der Waals surface area contributed by atoms with Gasteiger partial charge in [0.05, 0.1) is 5.69 Å². The molecule has 92 valence electrons. The first kappa shape index (κ1) is 13.2. The minimum atomic E-state index is 0.552. The number of nitrogens with one attached hydrogen (secondary N) is 1. The van der Waals surface area contributed by atoms with Gasteiger partial charge in [-0.05, 0) is 19.4 Å². The van der Waals surface area contributed by atoms with Crippen LogP contribution in [-0.2, 0) is 13.5 Å². The Kier molecular flexibility index (Phi) is 6.08. The first-order chi connectivity index (χ1) is 7.76. The predicted molar refractivity (Wildman–Crippen MR) is 66.3 cm³/mol. The highest BCUT2D eigenvalue weighted by molar-refractivity contribution is 4.95. The van der Waals surface area contributed by atoms with E-state index < -0.39 is 0 Å². The standard InChI is InChI=1S/C12H24N4/c1-4-6-7-11(13-8-5-2)9-12-10-16(3)15-14-12/h10-11,13H,4-9H2,1-3H3. The normalized spacial score (nSPS) is 12.9. The van der Waals surface area contributed by atoms with Crippen LogP contribution in [0.15, 0.2) is 6.20 Å². The van der Waals surface area contributed by atoms with Gasteiger partial charge < -0.3 is 5.32 Å². The van der Waals surface area contributed by atoms with Gasteiger partial charge in [0.1, 0.15) is 0 Å². The molecule has 0 spiro atoms. The molecular weight excluding hydrogens is 200 g/mol. The fraction of sp³-hybridized carbons (Fsp3) is 0.833. The number of hydrogen-bond donors (Lipinski definition) is 1. The van der Waals surface area contributed by atoms with E-state index in [0.717, 1.165) is 18.7 Å². The molecule has 0 aliphatic carbocycles. The minimum Gasteiger partial charge on any atom is -0.314 e. The average molecular weight is 224 g/mol. The van der Waals surface area contributed by atoms with Crippen molar-refractivity contribution in [2.24, 2.45) is 7.05 Å². The summed E-state index contributed by atoms with van der Waals surface area (Å²) in [7, 11) is 1.91. The van der Waals surface area contributed by atoms with E-state index in [1.165, 1.54) is 25.7 Å². The third-order valence-corrected chi connectivity index (χ3v) is 2.69. The molecule has 1 N–H and O–H groups in total. The molecule has 0 saturated carbocycles. The van der Waals surface area contributed by atoms with Crippen LogP contribution in [0.2, 0.25) is 0 Å². The lowest BCUT2D eigenvalue weighted by Crippen LogP contribution is -2.31. The van der Waals surface area contributed by atoms with E-state index in [1.54, 1.807) is 4.68 Å². The van der Waals surface area contributed by atoms with E-state index in [-0.39, 0.29) is 0 Å². The lowest BCUT2D eigenvalue weighted by molar-refractivity contribution is 0.458. The van der Waals surface area contributed by atoms with Crippen molar-refractivity contribution in [3.63, 3.8) is 0 Å². The quantitative estimate of drug-likeness (QED) is 0.733. The monoisotopic (exact) mass is 224 g/mol. The number of aromatic nitrogens is 3. The molecule has 1 rings (SSSR count). The van der Waals surface area contributed by atoms with Crippen molar-refractivity contribution in [3.8, 4) is 0 Å². The van der Waals surface area contributed by atoms with E-state index in [2.05, 4.69) is 29.5 Å². The third kappa shape index (κ3) is 4.75. The van der Waals surface area contributed by atoms with Crippen molar-refractivity contribution >= 4 is 0 Å². The molecular formula is C12H24N4. The van der Waals surface area contributed by atoms with Crippen molar-refractivity contribution in [1.82, 2.24) is 20.3 Å². The van der Waals surface area contributed by atoms with E-state index in [4.69, 9.17) is 0 Å². The molecule has 1 atom stereocenters. The van der Waals surface area contributed by atoms with Gasteiger partial charge >= 0.3 is 0 Å². The molecule has 0 fully saturated rings. The molecule has 0 bridgehead atoms. The molecule has 0 saturated heterocycles. The summed E-state index contributed by atoms with van der Waals surface area (Å²) in [6, 6.07) is 0.552. The Morgan fingerprint density at radius 2 is 2.19 bits per heavy atom. The highest BCUT2D eigenvalue weighted by Crippen LogP contribution is 2.06. The van der Waals surface area contributed by atoms with Crippen molar-refractivity contribution in [2.45, 2.75) is 52.0 Å². The summed E-state index contributed by atoms with van der Waals surface area (Å²) < 4.78 is 1.77. The van der Waals surface area contributed by atoms with E-state index >= 15 is 0 Å². The molecule has 0 radical (unpaired) electrons. The Hall–Kier alpha value is -0.900. The maximum Gasteiger partial charge on any atom is 0.0842 e. The molecule has 0 aromatic carbocycles. The van der Waals surface area contributed by atoms with Crippen molar-refractivity contribution in [1.29, 1.82) is 0 Å². The fourth-order valence-electron chi connectivity index (χ4n) is 1.82. The van der Waals surface area contributed by atoms with Crippen LogP contribution in [0.25, 0.3) is 0 Å². The maximum atomic E-state index is 4.14. The molecule has 1 aromatic heterocycles. The molecule has 0 amide bonds. The van der Waals surface area contributed by atoms with Gasteiger partial charge in [0.25, 0.3) is 0 Å². The summed E-state index contributed by atoms with van der Waals surface area (Å²) in [6.45, 7) is 5.53. The first-order valence-corrected chi connectivity index (χ1v) is 6.34. The second kappa shape index (κ2) is 7.39. The summed E-state index contributed by atoms with van der Waals surface area (Å²) in [5.41, 5.74) is 1.09. The largest absolute Gasteiger partial charge is 0.314 e. The smallest absolute Gasteiger partial charge is 0.0842 e. The van der Waals surface area contributed by atoms with Crippen molar-refractivity contribution in [2.75, 3.05) is 6.54 Å². The zero-order chi connectivity index (χ0) is 11.8. The zero-order valence-electron chi connectivity index (χ0n) is 10.7. The molecule has 16 heavy (non-hydrogen) atoms. The van der Waals surface area contributed by atoms with Crippen LogP contribution < -0.4 is 5.32 Å². The Morgan fingerprint density at radius 3 is 2.75 bits per heavy atom. The number of unbranched alkanes of at least 4 members (excludes halogenated alkanes) is 1. The van der Waals surface area contributed by atoms with E-state index in [0.29, 0.717) is 6.04 Å². The molecule has 4 nitrogen and oxygen atoms in total. The summed E-state index contributed by atoms with van der Waals surface area (Å²) in [5.74, 6) is 0. The van der Waals surface area contributed by atoms with Gasteiger partial charge in [0.2, 0.25) is 0 Å². The van der Waals surface area contributed by atoms with Crippen LogP contribution >= 0.6 is 0 Å². The van der Waals surface area contributed by atoms with Gasteiger partial charge in [-0.25, -0.2) is 0 Å². The van der Waals surface area contributed by atoms with Gasteiger partial charge in [-0.1, -0.05) is 31.9 Å². The van der Waals surface area contributed by atoms with Crippen LogP contribution in [0.4, 0.5) is 0 Å². The Bertz CT molecular complexity index is 274. The zero-order valence-corrected chi connectivity index (χ0v) is 10.7. The second-order valence-corrected chi connectivity index (χ2v) is 4.38. The molecule has 4 heteroatoms. The van der Waals surface area contributed by atoms with Gasteiger partial charge in [-0.2, -0.15) is 0 Å². The van der Waals surface area contributed by atoms with Crippen LogP contribution in [-0.4, -0.2) is 27.6 Å². The highest BCUT2D eigenvalue weighted by atomic mass is 15.4. The molecule has 0 aliphatic rings. The van der Waals surface area contributed by atoms with Crippen molar-refractivity contribution < 1.29 is 0 Å². The van der Waals surface area contributed by atoms with Crippen LogP contribution in [0.1, 0.15) is 45.2 Å². The maximum absolute atomic E-state index is 4.14. The Labute approximate surface area is 98.4 Å². The topological polar surface area (TPSA) is 42.7 Å². The average Bonchev–Trinajstić information content (AvgIpc) is 2.68. The molecule has 1 aromatic rings. The van der Waals surface area contributed by atoms with Crippen LogP contribution in [0.3, 0.4) is 0 Å². The predicted octanol–water partition coefficient (Wildman–Crippen LogP) is 1.92. The number of hydrogen-bond acceptors (Lipinski definition) is 3. The summed E-state index contributed by atoms with van der Waals surface area (Å²) in [5, 5.41) is 11.7. The minimum absolute atomic E-state index is 0.552. The summed E-state index contributed by atoms with van der Waals surface area (Å²) in [6.07, 6.45) is 7.95. The number of rotatable bonds is 8. The SMILES string of the molecule is CCCCC(Cc1cn(C)nn1)NCCC. The fourth-order valence-corrected chi connectivity index (χ4v) is 1.82. The molecule has 0 aliphatic heterocycles. The molecule has 1 heterocycles. The molecule has 1 unspecified atom stereocenters. The van der Waals surface area contributed by atoms with Gasteiger partial charge in [0.15, 0.2) is 0 Å². The summed E-state index contributed by atoms with van der Waals surface area (Å²) >= 11 is 0. The van der Waals surface area contributed by atoms with Gasteiger partial charge in [0, 0.05) is 25.7 Å². The van der Waals surface area contributed by atoms with Crippen LogP contribution in [0, 0.1) is 0 Å². The highest BCUT2D eigenvalue weighted by Gasteiger charge is 2.10.